The van der Waals surface area contributed by atoms with E-state index in [1.165, 1.54) is 6.33 Å². The van der Waals surface area contributed by atoms with E-state index < -0.39 is 0 Å². The fourth-order valence-electron chi connectivity index (χ4n) is 2.06. The average molecular weight is 385 g/mol. The van der Waals surface area contributed by atoms with Crippen molar-refractivity contribution in [3.05, 3.63) is 59.1 Å². The minimum atomic E-state index is 0.443. The molecule has 2 N–H and O–H groups in total. The van der Waals surface area contributed by atoms with E-state index in [0.29, 0.717) is 36.0 Å². The quantitative estimate of drug-likeness (QED) is 0.598. The zero-order valence-electron chi connectivity index (χ0n) is 12.5. The zero-order chi connectivity index (χ0) is 16.8. The Balaban J connectivity index is 1.74. The summed E-state index contributed by atoms with van der Waals surface area (Å²) in [6.45, 7) is 1.24. The number of nitrogens with zero attached hydrogens (tertiary/aromatic N) is 6. The maximum Gasteiger partial charge on any atom is 0.223 e. The third-order valence-corrected chi connectivity index (χ3v) is 3.61. The van der Waals surface area contributed by atoms with Gasteiger partial charge in [-0.2, -0.15) is 10.4 Å². The third kappa shape index (κ3) is 3.85. The lowest BCUT2D eigenvalue weighted by molar-refractivity contribution is 0.634. The van der Waals surface area contributed by atoms with Gasteiger partial charge in [-0.25, -0.2) is 15.0 Å². The summed E-state index contributed by atoms with van der Waals surface area (Å²) < 4.78 is 2.49. The molecule has 1 aliphatic heterocycles. The van der Waals surface area contributed by atoms with Gasteiger partial charge in [0.2, 0.25) is 5.95 Å². The molecule has 1 aliphatic rings. The molecular weight excluding hydrogens is 372 g/mol. The second-order valence-electron chi connectivity index (χ2n) is 4.75. The highest BCUT2D eigenvalue weighted by molar-refractivity contribution is 9.11. The molecule has 9 heteroatoms. The Kier molecular flexibility index (Phi) is 4.98. The van der Waals surface area contributed by atoms with Crippen LogP contribution in [0, 0.1) is 11.3 Å². The molecule has 0 saturated carbocycles. The molecule has 2 aromatic heterocycles. The number of hydrogen-bond donors (Lipinski definition) is 2. The summed E-state index contributed by atoms with van der Waals surface area (Å²) in [6, 6.07) is 3.90. The molecule has 24 heavy (non-hydrogen) atoms. The number of hydrogen-bond acceptors (Lipinski definition) is 7. The van der Waals surface area contributed by atoms with E-state index >= 15 is 0 Å². The summed E-state index contributed by atoms with van der Waals surface area (Å²) in [4.78, 5) is 12.5. The van der Waals surface area contributed by atoms with Crippen molar-refractivity contribution in [1.82, 2.24) is 30.0 Å². The first-order valence-corrected chi connectivity index (χ1v) is 7.90. The summed E-state index contributed by atoms with van der Waals surface area (Å²) in [6.07, 6.45) is 10.3. The molecule has 3 rings (SSSR count). The predicted octanol–water partition coefficient (Wildman–Crippen LogP) is 1.81. The van der Waals surface area contributed by atoms with E-state index in [1.807, 2.05) is 18.2 Å². The molecule has 0 radical (unpaired) electrons. The van der Waals surface area contributed by atoms with E-state index in [0.717, 1.165) is 4.61 Å². The number of aromatic nitrogens is 5. The number of allylic oxidation sites excluding steroid dienone is 4. The smallest absolute Gasteiger partial charge is 0.223 e. The third-order valence-electron chi connectivity index (χ3n) is 3.14. The van der Waals surface area contributed by atoms with Crippen molar-refractivity contribution < 1.29 is 0 Å². The highest BCUT2D eigenvalue weighted by atomic mass is 79.9. The highest BCUT2D eigenvalue weighted by Gasteiger charge is 2.12. The first-order valence-electron chi connectivity index (χ1n) is 7.11. The predicted molar refractivity (Wildman–Crippen MR) is 92.4 cm³/mol. The Morgan fingerprint density at radius 2 is 2.38 bits per heavy atom. The zero-order valence-corrected chi connectivity index (χ0v) is 14.1. The van der Waals surface area contributed by atoms with Crippen LogP contribution in [0.2, 0.25) is 0 Å². The van der Waals surface area contributed by atoms with Crippen LogP contribution in [-0.4, -0.2) is 31.3 Å². The average Bonchev–Trinajstić information content (AvgIpc) is 3.10. The minimum absolute atomic E-state index is 0.443. The number of nitrogens with one attached hydrogen (secondary N) is 2. The van der Waals surface area contributed by atoms with E-state index in [1.54, 1.807) is 23.3 Å². The van der Waals surface area contributed by atoms with Crippen molar-refractivity contribution in [2.75, 3.05) is 11.9 Å². The molecule has 2 aromatic rings. The lowest BCUT2D eigenvalue weighted by atomic mass is 10.1. The Labute approximate surface area is 146 Å². The van der Waals surface area contributed by atoms with Gasteiger partial charge in [-0.05, 0) is 34.1 Å². The van der Waals surface area contributed by atoms with Gasteiger partial charge in [0, 0.05) is 12.7 Å². The molecule has 0 spiro atoms. The number of nitriles is 1. The summed E-state index contributed by atoms with van der Waals surface area (Å²) in [5, 5.41) is 19.7. The summed E-state index contributed by atoms with van der Waals surface area (Å²) >= 11 is 3.36. The molecule has 120 valence electrons. The number of rotatable bonds is 5. The Hall–Kier alpha value is -2.99. The van der Waals surface area contributed by atoms with Crippen LogP contribution in [0.5, 0.6) is 0 Å². The fraction of sp³-hybridized carbons (Fsp3) is 0.133. The van der Waals surface area contributed by atoms with Gasteiger partial charge in [-0.1, -0.05) is 6.08 Å². The Morgan fingerprint density at radius 3 is 3.12 bits per heavy atom. The largest absolute Gasteiger partial charge is 0.352 e. The van der Waals surface area contributed by atoms with E-state index in [4.69, 9.17) is 0 Å². The summed E-state index contributed by atoms with van der Waals surface area (Å²) in [7, 11) is 0. The SMILES string of the molecule is N#CC(=C1C=CC=C(Br)N1)c1ccnc(NCCn2cncn2)n1. The molecule has 0 amide bonds. The second-order valence-corrected chi connectivity index (χ2v) is 5.60. The summed E-state index contributed by atoms with van der Waals surface area (Å²) in [5.74, 6) is 0.454. The lowest BCUT2D eigenvalue weighted by Gasteiger charge is -2.12. The van der Waals surface area contributed by atoms with Gasteiger partial charge in [0.05, 0.1) is 22.5 Å². The highest BCUT2D eigenvalue weighted by Crippen LogP contribution is 2.20. The molecule has 8 nitrogen and oxygen atoms in total. The van der Waals surface area contributed by atoms with Crippen molar-refractivity contribution >= 4 is 27.5 Å². The van der Waals surface area contributed by atoms with Crippen LogP contribution >= 0.6 is 15.9 Å². The molecule has 0 aromatic carbocycles. The van der Waals surface area contributed by atoms with E-state index in [9.17, 15) is 5.26 Å². The Bertz CT molecular complexity index is 845. The molecule has 0 bridgehead atoms. The van der Waals surface area contributed by atoms with Crippen molar-refractivity contribution in [3.8, 4) is 6.07 Å². The van der Waals surface area contributed by atoms with Gasteiger partial charge >= 0.3 is 0 Å². The van der Waals surface area contributed by atoms with Crippen LogP contribution in [0.15, 0.2) is 53.4 Å². The van der Waals surface area contributed by atoms with Crippen LogP contribution in [-0.2, 0) is 6.54 Å². The van der Waals surface area contributed by atoms with Crippen molar-refractivity contribution in [1.29, 1.82) is 5.26 Å². The first kappa shape index (κ1) is 15.9. The first-order chi connectivity index (χ1) is 11.8. The standard InChI is InChI=1S/C15H13BrN8/c16-14-3-1-2-12(22-14)11(8-17)13-4-5-19-15(23-13)20-6-7-24-10-18-9-21-24/h1-5,9-10,22H,6-7H2,(H,19,20,23). The monoisotopic (exact) mass is 384 g/mol. The number of dihydropyridines is 1. The van der Waals surface area contributed by atoms with Crippen LogP contribution in [0.3, 0.4) is 0 Å². The van der Waals surface area contributed by atoms with Gasteiger partial charge in [0.15, 0.2) is 0 Å². The lowest BCUT2D eigenvalue weighted by Crippen LogP contribution is -2.14. The Morgan fingerprint density at radius 1 is 1.46 bits per heavy atom. The fourth-order valence-corrected chi connectivity index (χ4v) is 2.42. The van der Waals surface area contributed by atoms with Gasteiger partial charge in [-0.3, -0.25) is 4.68 Å². The maximum atomic E-state index is 9.49. The van der Waals surface area contributed by atoms with Crippen molar-refractivity contribution in [3.63, 3.8) is 0 Å². The molecule has 0 aliphatic carbocycles. The topological polar surface area (TPSA) is 104 Å². The van der Waals surface area contributed by atoms with Gasteiger partial charge in [0.25, 0.3) is 0 Å². The molecule has 0 atom stereocenters. The van der Waals surface area contributed by atoms with Crippen molar-refractivity contribution in [2.45, 2.75) is 6.54 Å². The van der Waals surface area contributed by atoms with Crippen LogP contribution < -0.4 is 10.6 Å². The van der Waals surface area contributed by atoms with Gasteiger partial charge < -0.3 is 10.6 Å². The number of halogens is 1. The van der Waals surface area contributed by atoms with Crippen LogP contribution in [0.25, 0.3) is 5.57 Å². The van der Waals surface area contributed by atoms with Crippen molar-refractivity contribution in [2.24, 2.45) is 0 Å². The van der Waals surface area contributed by atoms with Crippen LogP contribution in [0.4, 0.5) is 5.95 Å². The molecule has 3 heterocycles. The minimum Gasteiger partial charge on any atom is -0.352 e. The number of anilines is 1. The van der Waals surface area contributed by atoms with Gasteiger partial charge in [-0.15, -0.1) is 0 Å². The van der Waals surface area contributed by atoms with Crippen LogP contribution in [0.1, 0.15) is 5.69 Å². The molecule has 0 unspecified atom stereocenters. The normalized spacial score (nSPS) is 15.2. The van der Waals surface area contributed by atoms with Gasteiger partial charge in [0.1, 0.15) is 24.3 Å². The van der Waals surface area contributed by atoms with E-state index in [-0.39, 0.29) is 0 Å². The van der Waals surface area contributed by atoms with E-state index in [2.05, 4.69) is 52.7 Å². The molecule has 0 fully saturated rings. The molecular formula is C15H13BrN8. The maximum absolute atomic E-state index is 9.49. The molecule has 0 saturated heterocycles. The second kappa shape index (κ2) is 7.52. The summed E-state index contributed by atoms with van der Waals surface area (Å²) in [5.41, 5.74) is 1.67.